The van der Waals surface area contributed by atoms with E-state index in [1.165, 1.54) is 58.6 Å². The fourth-order valence-corrected chi connectivity index (χ4v) is 6.11. The molecule has 1 amide bonds. The van der Waals surface area contributed by atoms with Crippen molar-refractivity contribution in [1.82, 2.24) is 8.61 Å². The van der Waals surface area contributed by atoms with E-state index in [1.54, 1.807) is 13.0 Å². The van der Waals surface area contributed by atoms with Gasteiger partial charge in [0.2, 0.25) is 26.0 Å². The maximum absolute atomic E-state index is 13.7. The van der Waals surface area contributed by atoms with Gasteiger partial charge in [-0.15, -0.1) is 0 Å². The van der Waals surface area contributed by atoms with Crippen LogP contribution in [0.25, 0.3) is 0 Å². The predicted molar refractivity (Wildman–Crippen MR) is 149 cm³/mol. The molecule has 0 radical (unpaired) electrons. The van der Waals surface area contributed by atoms with Gasteiger partial charge in [0.05, 0.1) is 30.6 Å². The zero-order valence-electron chi connectivity index (χ0n) is 22.5. The number of carbonyl (C=O) groups excluding carboxylic acids is 1. The highest BCUT2D eigenvalue weighted by atomic mass is 32.2. The van der Waals surface area contributed by atoms with Gasteiger partial charge in [0.25, 0.3) is 0 Å². The third-order valence-corrected chi connectivity index (χ3v) is 9.72. The summed E-state index contributed by atoms with van der Waals surface area (Å²) in [5.41, 5.74) is 1.80. The van der Waals surface area contributed by atoms with Gasteiger partial charge in [0.1, 0.15) is 0 Å². The average molecular weight is 576 g/mol. The number of carbonyl (C=O) groups is 1. The minimum Gasteiger partial charge on any atom is -0.493 e. The van der Waals surface area contributed by atoms with Gasteiger partial charge in [-0.05, 0) is 48.7 Å². The first-order valence-corrected chi connectivity index (χ1v) is 14.9. The minimum absolute atomic E-state index is 0.00674. The Hall–Kier alpha value is -3.45. The van der Waals surface area contributed by atoms with E-state index in [4.69, 9.17) is 9.47 Å². The molecule has 3 aromatic rings. The van der Waals surface area contributed by atoms with Gasteiger partial charge in [-0.2, -0.15) is 4.31 Å². The highest BCUT2D eigenvalue weighted by Crippen LogP contribution is 2.31. The molecule has 3 aromatic carbocycles. The molecule has 0 fully saturated rings. The third-order valence-electron chi connectivity index (χ3n) is 6.07. The molecule has 0 aliphatic heterocycles. The fourth-order valence-electron chi connectivity index (χ4n) is 3.77. The number of nitrogens with zero attached hydrogens (tertiary/aromatic N) is 2. The number of hydrogen-bond acceptors (Lipinski definition) is 7. The van der Waals surface area contributed by atoms with Gasteiger partial charge in [-0.3, -0.25) is 4.79 Å². The number of hydrogen-bond donors (Lipinski definition) is 1. The molecular formula is C27H33N3O7S2. The van der Waals surface area contributed by atoms with E-state index in [0.29, 0.717) is 17.7 Å². The van der Waals surface area contributed by atoms with E-state index < -0.39 is 32.5 Å². The molecule has 0 spiro atoms. The van der Waals surface area contributed by atoms with Crippen LogP contribution in [0.1, 0.15) is 11.1 Å². The molecule has 0 bridgehead atoms. The number of sulfonamides is 2. The van der Waals surface area contributed by atoms with Crippen molar-refractivity contribution >= 4 is 31.6 Å². The summed E-state index contributed by atoms with van der Waals surface area (Å²) in [5, 5.41) is 2.68. The molecule has 3 rings (SSSR count). The van der Waals surface area contributed by atoms with Crippen LogP contribution in [0.2, 0.25) is 0 Å². The number of aryl methyl sites for hydroxylation is 1. The van der Waals surface area contributed by atoms with Crippen molar-refractivity contribution in [2.24, 2.45) is 0 Å². The van der Waals surface area contributed by atoms with Gasteiger partial charge < -0.3 is 14.8 Å². The molecule has 0 saturated carbocycles. The fraction of sp³-hybridized carbons (Fsp3) is 0.296. The largest absolute Gasteiger partial charge is 0.493 e. The van der Waals surface area contributed by atoms with Crippen LogP contribution >= 0.6 is 0 Å². The van der Waals surface area contributed by atoms with Crippen molar-refractivity contribution in [1.29, 1.82) is 0 Å². The summed E-state index contributed by atoms with van der Waals surface area (Å²) >= 11 is 0. The number of rotatable bonds is 12. The van der Waals surface area contributed by atoms with E-state index >= 15 is 0 Å². The topological polar surface area (TPSA) is 122 Å². The maximum Gasteiger partial charge on any atom is 0.243 e. The molecule has 0 atom stereocenters. The third kappa shape index (κ3) is 7.15. The molecule has 12 heteroatoms. The lowest BCUT2D eigenvalue weighted by molar-refractivity contribution is -0.116. The van der Waals surface area contributed by atoms with Crippen molar-refractivity contribution in [3.63, 3.8) is 0 Å². The molecule has 39 heavy (non-hydrogen) atoms. The molecule has 0 aliphatic carbocycles. The number of anilines is 1. The average Bonchev–Trinajstić information content (AvgIpc) is 2.92. The summed E-state index contributed by atoms with van der Waals surface area (Å²) < 4.78 is 65.2. The minimum atomic E-state index is -4.13. The summed E-state index contributed by atoms with van der Waals surface area (Å²) in [6.07, 6.45) is 0.371. The summed E-state index contributed by atoms with van der Waals surface area (Å²) in [4.78, 5) is 13.1. The SMILES string of the molecule is COc1ccc(S(=O)(=O)N(CCc2ccccc2)CC(=O)Nc2cc(S(=O)(=O)N(C)C)ccc2C)cc1OC. The van der Waals surface area contributed by atoms with Crippen LogP contribution in [0.15, 0.2) is 76.5 Å². The van der Waals surface area contributed by atoms with E-state index in [0.717, 1.165) is 14.2 Å². The molecule has 1 N–H and O–H groups in total. The second-order valence-corrected chi connectivity index (χ2v) is 13.0. The molecule has 0 aliphatic rings. The molecule has 0 unspecified atom stereocenters. The maximum atomic E-state index is 13.7. The molecule has 0 heterocycles. The zero-order valence-corrected chi connectivity index (χ0v) is 24.2. The highest BCUT2D eigenvalue weighted by molar-refractivity contribution is 7.89. The van der Waals surface area contributed by atoms with E-state index in [-0.39, 0.29) is 27.8 Å². The van der Waals surface area contributed by atoms with Gasteiger partial charge in [0, 0.05) is 32.4 Å². The van der Waals surface area contributed by atoms with Gasteiger partial charge in [0.15, 0.2) is 11.5 Å². The summed E-state index contributed by atoms with van der Waals surface area (Å²) in [7, 11) is -2.19. The van der Waals surface area contributed by atoms with Gasteiger partial charge in [-0.25, -0.2) is 21.1 Å². The van der Waals surface area contributed by atoms with Crippen molar-refractivity contribution in [3.8, 4) is 11.5 Å². The summed E-state index contributed by atoms with van der Waals surface area (Å²) in [5.74, 6) is -0.0109. The van der Waals surface area contributed by atoms with Crippen molar-refractivity contribution < 1.29 is 31.1 Å². The second-order valence-electron chi connectivity index (χ2n) is 8.90. The lowest BCUT2D eigenvalue weighted by Gasteiger charge is -2.23. The van der Waals surface area contributed by atoms with Crippen LogP contribution in [0.3, 0.4) is 0 Å². The quantitative estimate of drug-likeness (QED) is 0.352. The van der Waals surface area contributed by atoms with Crippen LogP contribution in [-0.4, -0.2) is 72.8 Å². The van der Waals surface area contributed by atoms with E-state index in [9.17, 15) is 21.6 Å². The Morgan fingerprint density at radius 1 is 0.821 bits per heavy atom. The molecule has 0 aromatic heterocycles. The number of methoxy groups -OCH3 is 2. The smallest absolute Gasteiger partial charge is 0.243 e. The normalized spacial score (nSPS) is 12.0. The Kier molecular flexibility index (Phi) is 9.73. The Morgan fingerprint density at radius 2 is 1.44 bits per heavy atom. The summed E-state index contributed by atoms with van der Waals surface area (Å²) in [6.45, 7) is 1.25. The van der Waals surface area contributed by atoms with Gasteiger partial charge in [-0.1, -0.05) is 36.4 Å². The summed E-state index contributed by atoms with van der Waals surface area (Å²) in [6, 6.07) is 17.9. The van der Waals surface area contributed by atoms with Crippen LogP contribution in [-0.2, 0) is 31.3 Å². The number of ether oxygens (including phenoxy) is 2. The number of amides is 1. The Balaban J connectivity index is 1.92. The molecule has 10 nitrogen and oxygen atoms in total. The Bertz CT molecular complexity index is 1520. The van der Waals surface area contributed by atoms with Crippen LogP contribution in [0, 0.1) is 6.92 Å². The molecule has 0 saturated heterocycles. The standard InChI is InChI=1S/C27H33N3O7S2/c1-20-11-12-22(38(32,33)29(2)3)17-24(20)28-27(31)19-30(16-15-21-9-7-6-8-10-21)39(34,35)23-13-14-25(36-4)26(18-23)37-5/h6-14,17-18H,15-16,19H2,1-5H3,(H,28,31). The Labute approximate surface area is 230 Å². The zero-order chi connectivity index (χ0) is 28.8. The van der Waals surface area contributed by atoms with E-state index in [2.05, 4.69) is 5.32 Å². The Morgan fingerprint density at radius 3 is 2.05 bits per heavy atom. The van der Waals surface area contributed by atoms with Crippen molar-refractivity contribution in [2.45, 2.75) is 23.1 Å². The first-order chi connectivity index (χ1) is 18.4. The molecule has 210 valence electrons. The van der Waals surface area contributed by atoms with E-state index in [1.807, 2.05) is 30.3 Å². The van der Waals surface area contributed by atoms with Crippen molar-refractivity contribution in [2.75, 3.05) is 46.7 Å². The van der Waals surface area contributed by atoms with Gasteiger partial charge >= 0.3 is 0 Å². The highest BCUT2D eigenvalue weighted by Gasteiger charge is 2.28. The van der Waals surface area contributed by atoms with Crippen molar-refractivity contribution in [3.05, 3.63) is 77.9 Å². The van der Waals surface area contributed by atoms with Crippen LogP contribution in [0.4, 0.5) is 5.69 Å². The monoisotopic (exact) mass is 575 g/mol. The molecular weight excluding hydrogens is 542 g/mol. The van der Waals surface area contributed by atoms with Crippen LogP contribution < -0.4 is 14.8 Å². The lowest BCUT2D eigenvalue weighted by Crippen LogP contribution is -2.39. The first kappa shape index (κ1) is 30.1. The van der Waals surface area contributed by atoms with Crippen LogP contribution in [0.5, 0.6) is 11.5 Å². The second kappa shape index (κ2) is 12.6. The lowest BCUT2D eigenvalue weighted by atomic mass is 10.1. The number of benzene rings is 3. The first-order valence-electron chi connectivity index (χ1n) is 12.0. The predicted octanol–water partition coefficient (Wildman–Crippen LogP) is 3.13. The number of nitrogens with one attached hydrogen (secondary N) is 1.